The van der Waals surface area contributed by atoms with E-state index in [0.29, 0.717) is 0 Å². The molecule has 0 bridgehead atoms. The van der Waals surface area contributed by atoms with Gasteiger partial charge in [-0.15, -0.1) is 11.3 Å². The Morgan fingerprint density at radius 2 is 2.00 bits per heavy atom. The Hall–Kier alpha value is -1.66. The van der Waals surface area contributed by atoms with Gasteiger partial charge in [-0.1, -0.05) is 6.07 Å². The van der Waals surface area contributed by atoms with Crippen LogP contribution in [0.3, 0.4) is 0 Å². The molecule has 1 saturated heterocycles. The summed E-state index contributed by atoms with van der Waals surface area (Å²) in [5.74, 6) is 1.05. The highest BCUT2D eigenvalue weighted by molar-refractivity contribution is 9.11. The molecule has 4 nitrogen and oxygen atoms in total. The lowest BCUT2D eigenvalue weighted by atomic mass is 10.3. The molecule has 6 heteroatoms. The van der Waals surface area contributed by atoms with Gasteiger partial charge in [-0.05, 0) is 46.3 Å². The zero-order valence-electron chi connectivity index (χ0n) is 12.0. The quantitative estimate of drug-likeness (QED) is 0.770. The Morgan fingerprint density at radius 3 is 2.64 bits per heavy atom. The molecule has 0 unspecified atom stereocenters. The lowest BCUT2D eigenvalue weighted by molar-refractivity contribution is -0.126. The van der Waals surface area contributed by atoms with Crippen molar-refractivity contribution in [1.82, 2.24) is 9.88 Å². The Kier molecular flexibility index (Phi) is 4.90. The minimum atomic E-state index is 0.0743. The standard InChI is InChI=1S/C16H16BrN3OS/c17-14-6-4-13(22-14)5-7-16(21)20-11-9-19(10-12-20)15-3-1-2-8-18-15/h1-8H,9-12H2. The van der Waals surface area contributed by atoms with Gasteiger partial charge in [0.15, 0.2) is 0 Å². The van der Waals surface area contributed by atoms with Crippen molar-refractivity contribution in [3.8, 4) is 0 Å². The smallest absolute Gasteiger partial charge is 0.246 e. The topological polar surface area (TPSA) is 36.4 Å². The SMILES string of the molecule is O=C(C=Cc1ccc(Br)s1)N1CCN(c2ccccn2)CC1. The number of anilines is 1. The molecular formula is C16H16BrN3OS. The minimum absolute atomic E-state index is 0.0743. The van der Waals surface area contributed by atoms with Gasteiger partial charge in [0.05, 0.1) is 3.79 Å². The van der Waals surface area contributed by atoms with E-state index < -0.39 is 0 Å². The fraction of sp³-hybridized carbons (Fsp3) is 0.250. The van der Waals surface area contributed by atoms with E-state index in [1.807, 2.05) is 41.3 Å². The highest BCUT2D eigenvalue weighted by atomic mass is 79.9. The fourth-order valence-electron chi connectivity index (χ4n) is 2.37. The van der Waals surface area contributed by atoms with Gasteiger partial charge < -0.3 is 9.80 Å². The second-order valence-electron chi connectivity index (χ2n) is 4.98. The largest absolute Gasteiger partial charge is 0.353 e. The van der Waals surface area contributed by atoms with Gasteiger partial charge in [-0.25, -0.2) is 4.98 Å². The van der Waals surface area contributed by atoms with Crippen LogP contribution in [0.1, 0.15) is 4.88 Å². The van der Waals surface area contributed by atoms with Crippen molar-refractivity contribution in [3.05, 3.63) is 51.3 Å². The average Bonchev–Trinajstić information content (AvgIpc) is 2.99. The third kappa shape index (κ3) is 3.75. The van der Waals surface area contributed by atoms with E-state index in [-0.39, 0.29) is 5.91 Å². The van der Waals surface area contributed by atoms with Crippen molar-refractivity contribution in [2.75, 3.05) is 31.1 Å². The van der Waals surface area contributed by atoms with Crippen LogP contribution in [-0.4, -0.2) is 42.0 Å². The van der Waals surface area contributed by atoms with Gasteiger partial charge in [0, 0.05) is 43.3 Å². The van der Waals surface area contributed by atoms with E-state index in [0.717, 1.165) is 40.7 Å². The number of piperazine rings is 1. The maximum atomic E-state index is 12.2. The third-order valence-electron chi connectivity index (χ3n) is 3.55. The first-order valence-electron chi connectivity index (χ1n) is 7.11. The lowest BCUT2D eigenvalue weighted by Gasteiger charge is -2.34. The summed E-state index contributed by atoms with van der Waals surface area (Å²) < 4.78 is 1.07. The summed E-state index contributed by atoms with van der Waals surface area (Å²) in [7, 11) is 0. The molecule has 0 radical (unpaired) electrons. The first-order chi connectivity index (χ1) is 10.7. The molecule has 0 spiro atoms. The van der Waals surface area contributed by atoms with Crippen LogP contribution in [0.25, 0.3) is 6.08 Å². The summed E-state index contributed by atoms with van der Waals surface area (Å²) >= 11 is 5.04. The zero-order chi connectivity index (χ0) is 15.4. The normalized spacial score (nSPS) is 15.5. The van der Waals surface area contributed by atoms with E-state index in [9.17, 15) is 4.79 Å². The van der Waals surface area contributed by atoms with Crippen LogP contribution >= 0.6 is 27.3 Å². The van der Waals surface area contributed by atoms with E-state index in [1.165, 1.54) is 0 Å². The molecular weight excluding hydrogens is 362 g/mol. The van der Waals surface area contributed by atoms with Crippen LogP contribution in [0.15, 0.2) is 46.4 Å². The molecule has 1 amide bonds. The van der Waals surface area contributed by atoms with Gasteiger partial charge in [0.25, 0.3) is 0 Å². The zero-order valence-corrected chi connectivity index (χ0v) is 14.4. The Bertz CT molecular complexity index is 663. The minimum Gasteiger partial charge on any atom is -0.353 e. The van der Waals surface area contributed by atoms with Crippen molar-refractivity contribution in [2.45, 2.75) is 0 Å². The summed E-state index contributed by atoms with van der Waals surface area (Å²) in [6, 6.07) is 9.89. The maximum absolute atomic E-state index is 12.2. The van der Waals surface area contributed by atoms with Crippen molar-refractivity contribution in [2.24, 2.45) is 0 Å². The van der Waals surface area contributed by atoms with Crippen molar-refractivity contribution in [3.63, 3.8) is 0 Å². The number of thiophene rings is 1. The number of halogens is 1. The first kappa shape index (κ1) is 15.2. The Morgan fingerprint density at radius 1 is 1.18 bits per heavy atom. The molecule has 2 aromatic heterocycles. The molecule has 0 aliphatic carbocycles. The third-order valence-corrected chi connectivity index (χ3v) is 5.14. The van der Waals surface area contributed by atoms with Crippen LogP contribution < -0.4 is 4.90 Å². The van der Waals surface area contributed by atoms with Crippen molar-refractivity contribution in [1.29, 1.82) is 0 Å². The summed E-state index contributed by atoms with van der Waals surface area (Å²) in [4.78, 5) is 21.8. The number of hydrogen-bond acceptors (Lipinski definition) is 4. The van der Waals surface area contributed by atoms with Crippen LogP contribution in [0.5, 0.6) is 0 Å². The second kappa shape index (κ2) is 7.07. The molecule has 22 heavy (non-hydrogen) atoms. The molecule has 0 N–H and O–H groups in total. The molecule has 3 rings (SSSR count). The summed E-state index contributed by atoms with van der Waals surface area (Å²) in [6.07, 6.45) is 5.34. The van der Waals surface area contributed by atoms with Crippen molar-refractivity contribution >= 4 is 45.1 Å². The van der Waals surface area contributed by atoms with Gasteiger partial charge >= 0.3 is 0 Å². The number of carbonyl (C=O) groups is 1. The van der Waals surface area contributed by atoms with Crippen LogP contribution in [0, 0.1) is 0 Å². The first-order valence-corrected chi connectivity index (χ1v) is 8.71. The fourth-order valence-corrected chi connectivity index (χ4v) is 3.70. The molecule has 0 atom stereocenters. The number of pyridine rings is 1. The number of carbonyl (C=O) groups excluding carboxylic acids is 1. The van der Waals surface area contributed by atoms with Gasteiger partial charge in [0.1, 0.15) is 5.82 Å². The van der Waals surface area contributed by atoms with E-state index in [1.54, 1.807) is 23.6 Å². The summed E-state index contributed by atoms with van der Waals surface area (Å²) in [6.45, 7) is 3.10. The van der Waals surface area contributed by atoms with Crippen molar-refractivity contribution < 1.29 is 4.79 Å². The lowest BCUT2D eigenvalue weighted by Crippen LogP contribution is -2.48. The molecule has 0 aromatic carbocycles. The highest BCUT2D eigenvalue weighted by Gasteiger charge is 2.20. The molecule has 0 saturated carbocycles. The molecule has 1 aliphatic heterocycles. The maximum Gasteiger partial charge on any atom is 0.246 e. The van der Waals surface area contributed by atoms with Gasteiger partial charge in [-0.3, -0.25) is 4.79 Å². The monoisotopic (exact) mass is 377 g/mol. The van der Waals surface area contributed by atoms with Gasteiger partial charge in [-0.2, -0.15) is 0 Å². The van der Waals surface area contributed by atoms with E-state index >= 15 is 0 Å². The van der Waals surface area contributed by atoms with Crippen LogP contribution in [0.2, 0.25) is 0 Å². The average molecular weight is 378 g/mol. The Balaban J connectivity index is 1.55. The summed E-state index contributed by atoms with van der Waals surface area (Å²) in [5, 5.41) is 0. The second-order valence-corrected chi connectivity index (χ2v) is 7.47. The van der Waals surface area contributed by atoms with Crippen LogP contribution in [0.4, 0.5) is 5.82 Å². The number of nitrogens with zero attached hydrogens (tertiary/aromatic N) is 3. The highest BCUT2D eigenvalue weighted by Crippen LogP contribution is 2.23. The molecule has 1 fully saturated rings. The van der Waals surface area contributed by atoms with E-state index in [4.69, 9.17) is 0 Å². The number of rotatable bonds is 3. The predicted molar refractivity (Wildman–Crippen MR) is 94.1 cm³/mol. The van der Waals surface area contributed by atoms with Gasteiger partial charge in [0.2, 0.25) is 5.91 Å². The van der Waals surface area contributed by atoms with E-state index in [2.05, 4.69) is 25.8 Å². The van der Waals surface area contributed by atoms with Crippen LogP contribution in [-0.2, 0) is 4.79 Å². The number of amides is 1. The number of hydrogen-bond donors (Lipinski definition) is 0. The molecule has 3 heterocycles. The molecule has 114 valence electrons. The number of aromatic nitrogens is 1. The molecule has 1 aliphatic rings. The molecule has 2 aromatic rings. The predicted octanol–water partition coefficient (Wildman–Crippen LogP) is 3.27. The summed E-state index contributed by atoms with van der Waals surface area (Å²) in [5.41, 5.74) is 0. The Labute approximate surface area is 142 Å².